The molecule has 0 aliphatic rings. The molecule has 0 aliphatic carbocycles. The van der Waals surface area contributed by atoms with Crippen molar-refractivity contribution in [2.24, 2.45) is 14.1 Å². The number of fused-ring (bicyclic) bond motifs is 1. The Kier molecular flexibility index (Phi) is 6.42. The molecule has 0 saturated heterocycles. The van der Waals surface area contributed by atoms with E-state index >= 15 is 0 Å². The standard InChI is InChI=1S/C25H24N4O5S/c1-16-9-7-8-12-20(16)26-23(30)22(17-10-5-4-6-11-17)27-35(33,34)18-13-14-21-19(15-18)24(31)29(3)25(32)28(21)2/h4-15,22,27H,1-3H3,(H,26,30)/t22-/m1/s1. The van der Waals surface area contributed by atoms with Crippen LogP contribution in [0.5, 0.6) is 0 Å². The summed E-state index contributed by atoms with van der Waals surface area (Å²) < 4.78 is 31.4. The van der Waals surface area contributed by atoms with E-state index in [4.69, 9.17) is 0 Å². The van der Waals surface area contributed by atoms with Crippen molar-refractivity contribution in [1.82, 2.24) is 13.9 Å². The summed E-state index contributed by atoms with van der Waals surface area (Å²) in [6.45, 7) is 1.83. The molecule has 2 N–H and O–H groups in total. The number of anilines is 1. The molecule has 35 heavy (non-hydrogen) atoms. The molecule has 9 nitrogen and oxygen atoms in total. The van der Waals surface area contributed by atoms with Gasteiger partial charge in [0.2, 0.25) is 15.9 Å². The lowest BCUT2D eigenvalue weighted by Gasteiger charge is -2.20. The molecule has 10 heteroatoms. The Morgan fingerprint density at radius 3 is 2.23 bits per heavy atom. The summed E-state index contributed by atoms with van der Waals surface area (Å²) in [5.41, 5.74) is 1.000. The second-order valence-corrected chi connectivity index (χ2v) is 9.87. The van der Waals surface area contributed by atoms with Gasteiger partial charge in [0.25, 0.3) is 5.56 Å². The topological polar surface area (TPSA) is 119 Å². The fourth-order valence-electron chi connectivity index (χ4n) is 3.80. The highest BCUT2D eigenvalue weighted by molar-refractivity contribution is 7.89. The predicted molar refractivity (Wildman–Crippen MR) is 134 cm³/mol. The normalized spacial score (nSPS) is 12.4. The number of hydrogen-bond acceptors (Lipinski definition) is 5. The molecule has 0 fully saturated rings. The van der Waals surface area contributed by atoms with Gasteiger partial charge >= 0.3 is 5.69 Å². The first-order valence-corrected chi connectivity index (χ1v) is 12.2. The van der Waals surface area contributed by atoms with Crippen molar-refractivity contribution in [1.29, 1.82) is 0 Å². The molecule has 4 aromatic rings. The molecule has 0 spiro atoms. The number of sulfonamides is 1. The molecule has 0 aliphatic heterocycles. The smallest absolute Gasteiger partial charge is 0.324 e. The molecule has 1 aromatic heterocycles. The van der Waals surface area contributed by atoms with Crippen LogP contribution in [0.4, 0.5) is 5.69 Å². The number of amides is 1. The summed E-state index contributed by atoms with van der Waals surface area (Å²) in [5, 5.41) is 2.85. The van der Waals surface area contributed by atoms with E-state index in [0.29, 0.717) is 16.8 Å². The van der Waals surface area contributed by atoms with Gasteiger partial charge in [-0.15, -0.1) is 0 Å². The Bertz CT molecular complexity index is 1660. The maximum absolute atomic E-state index is 13.4. The van der Waals surface area contributed by atoms with E-state index in [1.807, 2.05) is 19.1 Å². The first-order chi connectivity index (χ1) is 16.6. The second-order valence-electron chi connectivity index (χ2n) is 8.15. The zero-order chi connectivity index (χ0) is 25.3. The molecule has 0 bridgehead atoms. The highest BCUT2D eigenvalue weighted by atomic mass is 32.2. The maximum atomic E-state index is 13.4. The Labute approximate surface area is 201 Å². The maximum Gasteiger partial charge on any atom is 0.330 e. The van der Waals surface area contributed by atoms with E-state index in [0.717, 1.165) is 10.1 Å². The summed E-state index contributed by atoms with van der Waals surface area (Å²) >= 11 is 0. The van der Waals surface area contributed by atoms with Crippen molar-refractivity contribution in [3.8, 4) is 0 Å². The lowest BCUT2D eigenvalue weighted by atomic mass is 10.1. The van der Waals surface area contributed by atoms with Crippen molar-refractivity contribution in [3.05, 3.63) is 105 Å². The van der Waals surface area contributed by atoms with Crippen LogP contribution in [-0.4, -0.2) is 23.5 Å². The van der Waals surface area contributed by atoms with E-state index < -0.39 is 33.2 Å². The predicted octanol–water partition coefficient (Wildman–Crippen LogP) is 2.20. The van der Waals surface area contributed by atoms with Gasteiger partial charge in [0.1, 0.15) is 6.04 Å². The van der Waals surface area contributed by atoms with Gasteiger partial charge in [-0.05, 0) is 42.3 Å². The third-order valence-electron chi connectivity index (χ3n) is 5.82. The number of para-hydroxylation sites is 1. The number of nitrogens with one attached hydrogen (secondary N) is 2. The Hall–Kier alpha value is -4.02. The minimum Gasteiger partial charge on any atom is -0.324 e. The first kappa shape index (κ1) is 24.1. The Balaban J connectivity index is 1.75. The van der Waals surface area contributed by atoms with Crippen molar-refractivity contribution in [2.45, 2.75) is 17.9 Å². The third kappa shape index (κ3) is 4.66. The van der Waals surface area contributed by atoms with Crippen molar-refractivity contribution in [3.63, 3.8) is 0 Å². The van der Waals surface area contributed by atoms with Gasteiger partial charge < -0.3 is 5.32 Å². The quantitative estimate of drug-likeness (QED) is 0.428. The van der Waals surface area contributed by atoms with E-state index in [2.05, 4.69) is 10.0 Å². The van der Waals surface area contributed by atoms with Crippen LogP contribution < -0.4 is 21.3 Å². The molecule has 0 saturated carbocycles. The van der Waals surface area contributed by atoms with Crippen molar-refractivity contribution < 1.29 is 13.2 Å². The van der Waals surface area contributed by atoms with Gasteiger partial charge in [-0.3, -0.25) is 18.7 Å². The summed E-state index contributed by atoms with van der Waals surface area (Å²) in [5.74, 6) is -0.562. The molecule has 0 radical (unpaired) electrons. The molecule has 4 rings (SSSR count). The molecular formula is C25H24N4O5S. The van der Waals surface area contributed by atoms with Gasteiger partial charge in [0.05, 0.1) is 15.8 Å². The fourth-order valence-corrected chi connectivity index (χ4v) is 5.01. The summed E-state index contributed by atoms with van der Waals surface area (Å²) in [6.07, 6.45) is 0. The minimum atomic E-state index is -4.25. The van der Waals surface area contributed by atoms with E-state index in [1.54, 1.807) is 42.5 Å². The molecule has 0 unspecified atom stereocenters. The van der Waals surface area contributed by atoms with Crippen LogP contribution in [0, 0.1) is 6.92 Å². The first-order valence-electron chi connectivity index (χ1n) is 10.7. The van der Waals surface area contributed by atoms with Gasteiger partial charge in [-0.25, -0.2) is 13.2 Å². The Morgan fingerprint density at radius 1 is 0.886 bits per heavy atom. The van der Waals surface area contributed by atoms with Crippen LogP contribution in [-0.2, 0) is 28.9 Å². The van der Waals surface area contributed by atoms with Crippen molar-refractivity contribution >= 4 is 32.5 Å². The molecule has 180 valence electrons. The number of rotatable bonds is 6. The average molecular weight is 493 g/mol. The van der Waals surface area contributed by atoms with E-state index in [1.165, 1.54) is 36.9 Å². The van der Waals surface area contributed by atoms with Crippen molar-refractivity contribution in [2.75, 3.05) is 5.32 Å². The van der Waals surface area contributed by atoms with Gasteiger partial charge in [0, 0.05) is 19.8 Å². The highest BCUT2D eigenvalue weighted by Gasteiger charge is 2.28. The summed E-state index contributed by atoms with van der Waals surface area (Å²) in [6, 6.07) is 18.3. The highest BCUT2D eigenvalue weighted by Crippen LogP contribution is 2.22. The fraction of sp³-hybridized carbons (Fsp3) is 0.160. The van der Waals surface area contributed by atoms with Crippen LogP contribution >= 0.6 is 0 Å². The van der Waals surface area contributed by atoms with E-state index in [-0.39, 0.29) is 10.3 Å². The molecule has 1 heterocycles. The molecular weight excluding hydrogens is 468 g/mol. The van der Waals surface area contributed by atoms with Crippen LogP contribution in [0.15, 0.2) is 87.3 Å². The molecule has 1 atom stereocenters. The zero-order valence-corrected chi connectivity index (χ0v) is 20.2. The number of nitrogens with zero attached hydrogens (tertiary/aromatic N) is 2. The molecule has 1 amide bonds. The number of hydrogen-bond donors (Lipinski definition) is 2. The number of aromatic nitrogens is 2. The number of aryl methyl sites for hydroxylation is 2. The number of benzene rings is 3. The SMILES string of the molecule is Cc1ccccc1NC(=O)[C@H](NS(=O)(=O)c1ccc2c(c1)c(=O)n(C)c(=O)n2C)c1ccccc1. The van der Waals surface area contributed by atoms with Crippen LogP contribution in [0.2, 0.25) is 0 Å². The van der Waals surface area contributed by atoms with Crippen LogP contribution in [0.3, 0.4) is 0 Å². The monoisotopic (exact) mass is 492 g/mol. The Morgan fingerprint density at radius 2 is 1.54 bits per heavy atom. The summed E-state index contributed by atoms with van der Waals surface area (Å²) in [4.78, 5) is 37.9. The summed E-state index contributed by atoms with van der Waals surface area (Å²) in [7, 11) is -1.42. The average Bonchev–Trinajstić information content (AvgIpc) is 2.86. The second kappa shape index (κ2) is 9.32. The van der Waals surface area contributed by atoms with Gasteiger partial charge in [-0.1, -0.05) is 48.5 Å². The molecule has 3 aromatic carbocycles. The van der Waals surface area contributed by atoms with Gasteiger partial charge in [-0.2, -0.15) is 4.72 Å². The third-order valence-corrected chi connectivity index (χ3v) is 7.24. The minimum absolute atomic E-state index is 0.0677. The van der Waals surface area contributed by atoms with Crippen LogP contribution in [0.25, 0.3) is 10.9 Å². The van der Waals surface area contributed by atoms with E-state index in [9.17, 15) is 22.8 Å². The zero-order valence-electron chi connectivity index (χ0n) is 19.3. The lowest BCUT2D eigenvalue weighted by Crippen LogP contribution is -2.38. The van der Waals surface area contributed by atoms with Crippen LogP contribution in [0.1, 0.15) is 17.2 Å². The number of carbonyl (C=O) groups excluding carboxylic acids is 1. The largest absolute Gasteiger partial charge is 0.330 e. The number of carbonyl (C=O) groups is 1. The lowest BCUT2D eigenvalue weighted by molar-refractivity contribution is -0.117. The van der Waals surface area contributed by atoms with Gasteiger partial charge in [0.15, 0.2) is 0 Å².